The third kappa shape index (κ3) is 5.49. The standard InChI is InChI=1S/C12H23N5/c1-8(2)15-11-6-10(16-9(3)17-11)14-7-12(4,5)13/h6,8H,7,13H2,1-5H3,(H2,14,15,16,17). The third-order valence-electron chi connectivity index (χ3n) is 2.00. The van der Waals surface area contributed by atoms with Crippen LogP contribution in [0.5, 0.6) is 0 Å². The highest BCUT2D eigenvalue weighted by Crippen LogP contribution is 2.12. The van der Waals surface area contributed by atoms with Gasteiger partial charge in [-0.3, -0.25) is 0 Å². The van der Waals surface area contributed by atoms with Crippen LogP contribution in [-0.2, 0) is 0 Å². The Morgan fingerprint density at radius 1 is 1.29 bits per heavy atom. The molecule has 0 saturated carbocycles. The van der Waals surface area contributed by atoms with Gasteiger partial charge >= 0.3 is 0 Å². The van der Waals surface area contributed by atoms with E-state index in [4.69, 9.17) is 5.73 Å². The van der Waals surface area contributed by atoms with Crippen LogP contribution in [0.4, 0.5) is 11.6 Å². The molecule has 0 radical (unpaired) electrons. The van der Waals surface area contributed by atoms with Gasteiger partial charge in [-0.1, -0.05) is 0 Å². The summed E-state index contributed by atoms with van der Waals surface area (Å²) < 4.78 is 0. The summed E-state index contributed by atoms with van der Waals surface area (Å²) in [6.07, 6.45) is 0. The van der Waals surface area contributed by atoms with Gasteiger partial charge in [-0.2, -0.15) is 0 Å². The Labute approximate surface area is 103 Å². The van der Waals surface area contributed by atoms with Crippen molar-refractivity contribution in [1.82, 2.24) is 9.97 Å². The van der Waals surface area contributed by atoms with Crippen LogP contribution in [0, 0.1) is 6.92 Å². The zero-order valence-electron chi connectivity index (χ0n) is 11.3. The summed E-state index contributed by atoms with van der Waals surface area (Å²) in [5.74, 6) is 2.39. The Hall–Kier alpha value is -1.36. The second kappa shape index (κ2) is 5.31. The van der Waals surface area contributed by atoms with Gasteiger partial charge in [0, 0.05) is 24.2 Å². The lowest BCUT2D eigenvalue weighted by Gasteiger charge is -2.20. The highest BCUT2D eigenvalue weighted by molar-refractivity contribution is 5.48. The van der Waals surface area contributed by atoms with Crippen molar-refractivity contribution in [3.05, 3.63) is 11.9 Å². The summed E-state index contributed by atoms with van der Waals surface area (Å²) in [7, 11) is 0. The van der Waals surface area contributed by atoms with E-state index < -0.39 is 0 Å². The van der Waals surface area contributed by atoms with Gasteiger partial charge in [0.2, 0.25) is 0 Å². The van der Waals surface area contributed by atoms with Crippen molar-refractivity contribution >= 4 is 11.6 Å². The molecule has 0 atom stereocenters. The molecule has 5 heteroatoms. The fraction of sp³-hybridized carbons (Fsp3) is 0.667. The minimum atomic E-state index is -0.259. The summed E-state index contributed by atoms with van der Waals surface area (Å²) in [4.78, 5) is 8.65. The van der Waals surface area contributed by atoms with Gasteiger partial charge in [-0.15, -0.1) is 0 Å². The predicted molar refractivity (Wildman–Crippen MR) is 72.3 cm³/mol. The van der Waals surface area contributed by atoms with Crippen LogP contribution in [0.2, 0.25) is 0 Å². The van der Waals surface area contributed by atoms with Crippen molar-refractivity contribution < 1.29 is 0 Å². The average Bonchev–Trinajstić information content (AvgIpc) is 2.11. The van der Waals surface area contributed by atoms with Crippen molar-refractivity contribution in [2.24, 2.45) is 5.73 Å². The van der Waals surface area contributed by atoms with E-state index in [0.717, 1.165) is 17.5 Å². The maximum absolute atomic E-state index is 5.92. The fourth-order valence-corrected chi connectivity index (χ4v) is 1.35. The molecular formula is C12H23N5. The Balaban J connectivity index is 2.75. The van der Waals surface area contributed by atoms with Gasteiger partial charge in [-0.05, 0) is 34.6 Å². The summed E-state index contributed by atoms with van der Waals surface area (Å²) in [6, 6.07) is 2.25. The highest BCUT2D eigenvalue weighted by Gasteiger charge is 2.11. The fourth-order valence-electron chi connectivity index (χ4n) is 1.35. The first-order valence-electron chi connectivity index (χ1n) is 5.91. The molecule has 0 aliphatic rings. The molecule has 1 aromatic rings. The molecule has 17 heavy (non-hydrogen) atoms. The second-order valence-corrected chi connectivity index (χ2v) is 5.33. The molecule has 1 rings (SSSR count). The number of aryl methyl sites for hydroxylation is 1. The first kappa shape index (κ1) is 13.7. The number of rotatable bonds is 5. The molecule has 0 fully saturated rings. The van der Waals surface area contributed by atoms with E-state index >= 15 is 0 Å². The summed E-state index contributed by atoms with van der Waals surface area (Å²) in [5.41, 5.74) is 5.66. The Morgan fingerprint density at radius 3 is 2.41 bits per heavy atom. The number of nitrogens with one attached hydrogen (secondary N) is 2. The number of anilines is 2. The van der Waals surface area contributed by atoms with E-state index in [1.165, 1.54) is 0 Å². The highest BCUT2D eigenvalue weighted by atomic mass is 15.1. The molecule has 1 heterocycles. The smallest absolute Gasteiger partial charge is 0.131 e. The van der Waals surface area contributed by atoms with Crippen molar-refractivity contribution in [2.45, 2.75) is 46.2 Å². The van der Waals surface area contributed by atoms with Gasteiger partial charge in [0.15, 0.2) is 0 Å². The summed E-state index contributed by atoms with van der Waals surface area (Å²) in [5, 5.41) is 6.48. The molecule has 0 aliphatic carbocycles. The minimum absolute atomic E-state index is 0.259. The Morgan fingerprint density at radius 2 is 1.88 bits per heavy atom. The largest absolute Gasteiger partial charge is 0.368 e. The molecule has 0 aliphatic heterocycles. The van der Waals surface area contributed by atoms with E-state index in [2.05, 4.69) is 34.4 Å². The zero-order valence-corrected chi connectivity index (χ0v) is 11.3. The molecule has 0 spiro atoms. The summed E-state index contributed by atoms with van der Waals surface area (Å²) >= 11 is 0. The number of nitrogens with zero attached hydrogens (tertiary/aromatic N) is 2. The van der Waals surface area contributed by atoms with Crippen LogP contribution in [-0.4, -0.2) is 28.1 Å². The lowest BCUT2D eigenvalue weighted by atomic mass is 10.1. The van der Waals surface area contributed by atoms with Crippen molar-refractivity contribution in [2.75, 3.05) is 17.2 Å². The summed E-state index contributed by atoms with van der Waals surface area (Å²) in [6.45, 7) is 10.7. The van der Waals surface area contributed by atoms with Crippen LogP contribution in [0.15, 0.2) is 6.07 Å². The SMILES string of the molecule is Cc1nc(NCC(C)(C)N)cc(NC(C)C)n1. The molecule has 4 N–H and O–H groups in total. The number of aromatic nitrogens is 2. The molecule has 1 aromatic heterocycles. The van der Waals surface area contributed by atoms with Crippen molar-refractivity contribution in [3.8, 4) is 0 Å². The zero-order chi connectivity index (χ0) is 13.1. The lowest BCUT2D eigenvalue weighted by Crippen LogP contribution is -2.39. The van der Waals surface area contributed by atoms with E-state index in [9.17, 15) is 0 Å². The first-order valence-corrected chi connectivity index (χ1v) is 5.91. The topological polar surface area (TPSA) is 75.9 Å². The van der Waals surface area contributed by atoms with Crippen molar-refractivity contribution in [1.29, 1.82) is 0 Å². The van der Waals surface area contributed by atoms with Gasteiger partial charge in [0.1, 0.15) is 17.5 Å². The number of hydrogen-bond donors (Lipinski definition) is 3. The Kier molecular flexibility index (Phi) is 4.28. The van der Waals surface area contributed by atoms with Crippen LogP contribution < -0.4 is 16.4 Å². The molecular weight excluding hydrogens is 214 g/mol. The monoisotopic (exact) mass is 237 g/mol. The molecule has 5 nitrogen and oxygen atoms in total. The van der Waals surface area contributed by atoms with Crippen LogP contribution in [0.3, 0.4) is 0 Å². The van der Waals surface area contributed by atoms with E-state index in [1.807, 2.05) is 26.8 Å². The molecule has 96 valence electrons. The molecule has 0 saturated heterocycles. The normalized spacial score (nSPS) is 11.7. The third-order valence-corrected chi connectivity index (χ3v) is 2.00. The minimum Gasteiger partial charge on any atom is -0.368 e. The van der Waals surface area contributed by atoms with E-state index in [-0.39, 0.29) is 5.54 Å². The van der Waals surface area contributed by atoms with Gasteiger partial charge in [-0.25, -0.2) is 9.97 Å². The molecule has 0 aromatic carbocycles. The molecule has 0 bridgehead atoms. The maximum Gasteiger partial charge on any atom is 0.131 e. The predicted octanol–water partition coefficient (Wildman–Crippen LogP) is 1.75. The lowest BCUT2D eigenvalue weighted by molar-refractivity contribution is 0.548. The number of hydrogen-bond acceptors (Lipinski definition) is 5. The van der Waals surface area contributed by atoms with Gasteiger partial charge in [0.05, 0.1) is 0 Å². The average molecular weight is 237 g/mol. The van der Waals surface area contributed by atoms with E-state index in [1.54, 1.807) is 0 Å². The van der Waals surface area contributed by atoms with Crippen LogP contribution in [0.25, 0.3) is 0 Å². The number of nitrogens with two attached hydrogens (primary N) is 1. The quantitative estimate of drug-likeness (QED) is 0.727. The van der Waals surface area contributed by atoms with Crippen LogP contribution in [0.1, 0.15) is 33.5 Å². The Bertz CT molecular complexity index is 368. The van der Waals surface area contributed by atoms with Gasteiger partial charge in [0.25, 0.3) is 0 Å². The first-order chi connectivity index (χ1) is 7.76. The van der Waals surface area contributed by atoms with Crippen LogP contribution >= 0.6 is 0 Å². The van der Waals surface area contributed by atoms with Crippen molar-refractivity contribution in [3.63, 3.8) is 0 Å². The van der Waals surface area contributed by atoms with E-state index in [0.29, 0.717) is 12.6 Å². The molecule has 0 unspecified atom stereocenters. The second-order valence-electron chi connectivity index (χ2n) is 5.33. The van der Waals surface area contributed by atoms with Gasteiger partial charge < -0.3 is 16.4 Å². The molecule has 0 amide bonds. The maximum atomic E-state index is 5.92.